The predicted molar refractivity (Wildman–Crippen MR) is 157 cm³/mol. The molecule has 0 radical (unpaired) electrons. The lowest BCUT2D eigenvalue weighted by Gasteiger charge is -2.32. The molecule has 2 amide bonds. The molecule has 3 aromatic carbocycles. The maximum Gasteiger partial charge on any atom is 0.417 e. The van der Waals surface area contributed by atoms with Gasteiger partial charge in [0.25, 0.3) is 10.0 Å². The third kappa shape index (κ3) is 8.17. The van der Waals surface area contributed by atoms with Gasteiger partial charge in [0.05, 0.1) is 21.2 Å². The molecule has 0 aromatic heterocycles. The fourth-order valence-corrected chi connectivity index (χ4v) is 5.75. The van der Waals surface area contributed by atoms with Crippen LogP contribution in [0.3, 0.4) is 0 Å². The number of sulfonamides is 1. The molecule has 0 fully saturated rings. The Labute approximate surface area is 253 Å². The number of hydrogen-bond acceptors (Lipinski definition) is 4. The average molecular weight is 645 g/mol. The monoisotopic (exact) mass is 643 g/mol. The molecule has 1 N–H and O–H groups in total. The lowest BCUT2D eigenvalue weighted by atomic mass is 10.1. The number of benzene rings is 3. The van der Waals surface area contributed by atoms with Crippen molar-refractivity contribution in [1.29, 1.82) is 0 Å². The molecular formula is C29H30Cl2F3N3O4S. The number of amides is 2. The molecule has 2 atom stereocenters. The van der Waals surface area contributed by atoms with Crippen molar-refractivity contribution in [2.45, 2.75) is 56.9 Å². The van der Waals surface area contributed by atoms with Gasteiger partial charge < -0.3 is 10.2 Å². The van der Waals surface area contributed by atoms with Crippen LogP contribution in [0.15, 0.2) is 77.7 Å². The Morgan fingerprint density at radius 2 is 1.57 bits per heavy atom. The molecule has 3 aromatic rings. The van der Waals surface area contributed by atoms with Crippen molar-refractivity contribution >= 4 is 50.7 Å². The van der Waals surface area contributed by atoms with Gasteiger partial charge >= 0.3 is 6.18 Å². The number of carbonyl (C=O) groups excluding carboxylic acids is 2. The highest BCUT2D eigenvalue weighted by Gasteiger charge is 2.37. The molecule has 3 rings (SSSR count). The summed E-state index contributed by atoms with van der Waals surface area (Å²) in [6.07, 6.45) is -4.26. The number of rotatable bonds is 11. The van der Waals surface area contributed by atoms with Gasteiger partial charge in [-0.15, -0.1) is 0 Å². The number of anilines is 1. The Morgan fingerprint density at radius 1 is 0.952 bits per heavy atom. The van der Waals surface area contributed by atoms with Crippen molar-refractivity contribution in [2.24, 2.45) is 0 Å². The van der Waals surface area contributed by atoms with E-state index in [0.29, 0.717) is 27.4 Å². The van der Waals surface area contributed by atoms with Gasteiger partial charge in [-0.25, -0.2) is 8.42 Å². The average Bonchev–Trinajstić information content (AvgIpc) is 2.95. The van der Waals surface area contributed by atoms with Crippen LogP contribution in [-0.2, 0) is 32.3 Å². The van der Waals surface area contributed by atoms with Gasteiger partial charge in [0, 0.05) is 17.6 Å². The van der Waals surface area contributed by atoms with Crippen molar-refractivity contribution in [3.63, 3.8) is 0 Å². The highest BCUT2D eigenvalue weighted by Crippen LogP contribution is 2.38. The van der Waals surface area contributed by atoms with E-state index in [9.17, 15) is 31.2 Å². The van der Waals surface area contributed by atoms with Gasteiger partial charge in [-0.3, -0.25) is 13.9 Å². The quantitative estimate of drug-likeness (QED) is 0.257. The molecule has 0 unspecified atom stereocenters. The Balaban J connectivity index is 2.10. The Bertz CT molecular complexity index is 1500. The number of halogens is 5. The zero-order valence-corrected chi connectivity index (χ0v) is 25.4. The summed E-state index contributed by atoms with van der Waals surface area (Å²) in [7, 11) is -4.55. The highest BCUT2D eigenvalue weighted by atomic mass is 35.5. The van der Waals surface area contributed by atoms with E-state index in [1.807, 2.05) is 6.92 Å². The summed E-state index contributed by atoms with van der Waals surface area (Å²) in [5.74, 6) is -1.30. The Morgan fingerprint density at radius 3 is 2.14 bits per heavy atom. The molecule has 0 spiro atoms. The van der Waals surface area contributed by atoms with Crippen LogP contribution in [0.5, 0.6) is 0 Å². The SMILES string of the molecule is CC[C@H](C)NC(=O)[C@H](C)N(Cc1ccc(Cl)cc1)C(=O)CN(c1ccc(Cl)c(C(F)(F)F)c1)S(=O)(=O)c1ccccc1. The standard InChI is InChI=1S/C29H30Cl2F3N3O4S/c1-4-19(2)35-28(39)20(3)36(17-21-10-12-22(30)13-11-21)27(38)18-37(42(40,41)24-8-6-5-7-9-24)23-14-15-26(31)25(16-23)29(32,33)34/h5-16,19-20H,4,17-18H2,1-3H3,(H,35,39)/t19-,20-/m0/s1. The largest absolute Gasteiger partial charge is 0.417 e. The summed E-state index contributed by atoms with van der Waals surface area (Å²) in [4.78, 5) is 27.9. The fraction of sp³-hybridized carbons (Fsp3) is 0.310. The zero-order valence-electron chi connectivity index (χ0n) is 23.0. The molecule has 0 saturated carbocycles. The lowest BCUT2D eigenvalue weighted by Crippen LogP contribution is -2.52. The highest BCUT2D eigenvalue weighted by molar-refractivity contribution is 7.92. The maximum absolute atomic E-state index is 13.9. The molecule has 0 aliphatic heterocycles. The van der Waals surface area contributed by atoms with Crippen LogP contribution in [0.2, 0.25) is 10.0 Å². The van der Waals surface area contributed by atoms with Crippen LogP contribution < -0.4 is 9.62 Å². The minimum Gasteiger partial charge on any atom is -0.352 e. The predicted octanol–water partition coefficient (Wildman–Crippen LogP) is 6.54. The maximum atomic E-state index is 13.9. The number of nitrogens with zero attached hydrogens (tertiary/aromatic N) is 2. The van der Waals surface area contributed by atoms with E-state index in [2.05, 4.69) is 5.32 Å². The van der Waals surface area contributed by atoms with Crippen LogP contribution in [0.1, 0.15) is 38.3 Å². The van der Waals surface area contributed by atoms with E-state index >= 15 is 0 Å². The molecular weight excluding hydrogens is 614 g/mol. The third-order valence-electron chi connectivity index (χ3n) is 6.59. The van der Waals surface area contributed by atoms with Crippen LogP contribution in [0.4, 0.5) is 18.9 Å². The van der Waals surface area contributed by atoms with Crippen molar-refractivity contribution in [1.82, 2.24) is 10.2 Å². The number of alkyl halides is 3. The van der Waals surface area contributed by atoms with Crippen LogP contribution in [0, 0.1) is 0 Å². The van der Waals surface area contributed by atoms with Gasteiger partial charge in [0.2, 0.25) is 11.8 Å². The molecule has 42 heavy (non-hydrogen) atoms. The first-order valence-electron chi connectivity index (χ1n) is 12.9. The second-order valence-corrected chi connectivity index (χ2v) is 12.3. The van der Waals surface area contributed by atoms with E-state index in [-0.39, 0.29) is 17.5 Å². The first kappa shape index (κ1) is 33.2. The summed E-state index contributed by atoms with van der Waals surface area (Å²) in [5, 5.41) is 2.62. The lowest BCUT2D eigenvalue weighted by molar-refractivity contribution is -0.139. The van der Waals surface area contributed by atoms with Crippen molar-refractivity contribution < 1.29 is 31.2 Å². The number of nitrogens with one attached hydrogen (secondary N) is 1. The van der Waals surface area contributed by atoms with Gasteiger partial charge in [-0.2, -0.15) is 13.2 Å². The van der Waals surface area contributed by atoms with Crippen LogP contribution >= 0.6 is 23.2 Å². The van der Waals surface area contributed by atoms with Crippen LogP contribution in [-0.4, -0.2) is 43.8 Å². The summed E-state index contributed by atoms with van der Waals surface area (Å²) < 4.78 is 69.3. The van der Waals surface area contributed by atoms with E-state index in [4.69, 9.17) is 23.2 Å². The normalized spacial score (nSPS) is 13.2. The minimum atomic E-state index is -4.89. The van der Waals surface area contributed by atoms with E-state index in [0.717, 1.165) is 12.1 Å². The molecule has 0 saturated heterocycles. The van der Waals surface area contributed by atoms with E-state index in [1.54, 1.807) is 37.3 Å². The first-order valence-corrected chi connectivity index (χ1v) is 15.1. The number of hydrogen-bond donors (Lipinski definition) is 1. The van der Waals surface area contributed by atoms with E-state index < -0.39 is 56.9 Å². The summed E-state index contributed by atoms with van der Waals surface area (Å²) in [6, 6.07) is 14.8. The van der Waals surface area contributed by atoms with Gasteiger partial charge in [-0.1, -0.05) is 60.5 Å². The van der Waals surface area contributed by atoms with Crippen molar-refractivity contribution in [3.05, 3.63) is 94.0 Å². The van der Waals surface area contributed by atoms with Gasteiger partial charge in [-0.05, 0) is 68.3 Å². The van der Waals surface area contributed by atoms with Gasteiger partial charge in [0.1, 0.15) is 12.6 Å². The van der Waals surface area contributed by atoms with Gasteiger partial charge in [0.15, 0.2) is 0 Å². The molecule has 0 aliphatic rings. The topological polar surface area (TPSA) is 86.8 Å². The first-order chi connectivity index (χ1) is 19.6. The minimum absolute atomic E-state index is 0.0985. The second-order valence-electron chi connectivity index (χ2n) is 9.63. The van der Waals surface area contributed by atoms with E-state index in [1.165, 1.54) is 36.1 Å². The van der Waals surface area contributed by atoms with Crippen LogP contribution in [0.25, 0.3) is 0 Å². The summed E-state index contributed by atoms with van der Waals surface area (Å²) in [6.45, 7) is 4.16. The summed E-state index contributed by atoms with van der Waals surface area (Å²) >= 11 is 11.8. The van der Waals surface area contributed by atoms with Crippen molar-refractivity contribution in [3.8, 4) is 0 Å². The molecule has 0 heterocycles. The Hall–Kier alpha value is -3.28. The zero-order chi connectivity index (χ0) is 31.2. The molecule has 7 nitrogen and oxygen atoms in total. The smallest absolute Gasteiger partial charge is 0.352 e. The fourth-order valence-electron chi connectivity index (χ4n) is 3.97. The second kappa shape index (κ2) is 13.8. The Kier molecular flexibility index (Phi) is 10.9. The number of carbonyl (C=O) groups is 2. The summed E-state index contributed by atoms with van der Waals surface area (Å²) in [5.41, 5.74) is -1.09. The molecule has 0 aliphatic carbocycles. The molecule has 226 valence electrons. The molecule has 13 heteroatoms. The molecule has 0 bridgehead atoms. The van der Waals surface area contributed by atoms with Crippen molar-refractivity contribution in [2.75, 3.05) is 10.8 Å². The third-order valence-corrected chi connectivity index (χ3v) is 8.96.